The molecule has 0 atom stereocenters. The van der Waals surface area contributed by atoms with Gasteiger partial charge in [0.25, 0.3) is 11.8 Å². The number of thiophene rings is 1. The Hall–Kier alpha value is -2.97. The number of hydrogen-bond acceptors (Lipinski definition) is 6. The number of carbonyl (C=O) groups is 2. The third-order valence-corrected chi connectivity index (χ3v) is 7.18. The van der Waals surface area contributed by atoms with Gasteiger partial charge in [-0.1, -0.05) is 6.07 Å². The average Bonchev–Trinajstić information content (AvgIpc) is 3.15. The molecule has 2 aromatic heterocycles. The molecular formula is C26H30N2O5S. The summed E-state index contributed by atoms with van der Waals surface area (Å²) in [5.41, 5.74) is 3.42. The Morgan fingerprint density at radius 1 is 1.12 bits per heavy atom. The van der Waals surface area contributed by atoms with E-state index < -0.39 is 5.91 Å². The number of amides is 2. The van der Waals surface area contributed by atoms with Crippen LogP contribution in [0.3, 0.4) is 0 Å². The minimum absolute atomic E-state index is 0.0723. The van der Waals surface area contributed by atoms with E-state index in [0.717, 1.165) is 47.3 Å². The Morgan fingerprint density at radius 2 is 1.91 bits per heavy atom. The Kier molecular flexibility index (Phi) is 7.48. The van der Waals surface area contributed by atoms with Crippen LogP contribution < -0.4 is 16.1 Å². The van der Waals surface area contributed by atoms with Gasteiger partial charge in [0.1, 0.15) is 10.6 Å². The monoisotopic (exact) mass is 482 g/mol. The van der Waals surface area contributed by atoms with Crippen LogP contribution in [-0.2, 0) is 17.6 Å². The van der Waals surface area contributed by atoms with Crippen LogP contribution in [0.2, 0.25) is 0 Å². The van der Waals surface area contributed by atoms with Crippen molar-refractivity contribution in [3.8, 4) is 0 Å². The predicted octanol–water partition coefficient (Wildman–Crippen LogP) is 4.76. The highest BCUT2D eigenvalue weighted by molar-refractivity contribution is 7.17. The first-order valence-electron chi connectivity index (χ1n) is 11.8. The van der Waals surface area contributed by atoms with Gasteiger partial charge in [0.15, 0.2) is 11.2 Å². The third-order valence-electron chi connectivity index (χ3n) is 5.98. The molecule has 34 heavy (non-hydrogen) atoms. The van der Waals surface area contributed by atoms with E-state index in [9.17, 15) is 14.4 Å². The molecule has 0 saturated heterocycles. The van der Waals surface area contributed by atoms with Crippen molar-refractivity contribution >= 4 is 39.1 Å². The number of nitrogens with one attached hydrogen (secondary N) is 2. The minimum atomic E-state index is -0.540. The highest BCUT2D eigenvalue weighted by atomic mass is 32.1. The Morgan fingerprint density at radius 3 is 2.71 bits per heavy atom. The Balaban J connectivity index is 1.61. The van der Waals surface area contributed by atoms with Gasteiger partial charge in [0.05, 0.1) is 10.9 Å². The van der Waals surface area contributed by atoms with Gasteiger partial charge in [0, 0.05) is 30.7 Å². The molecule has 0 saturated carbocycles. The average molecular weight is 483 g/mol. The van der Waals surface area contributed by atoms with E-state index in [1.54, 1.807) is 6.07 Å². The van der Waals surface area contributed by atoms with Crippen LogP contribution in [0, 0.1) is 13.8 Å². The van der Waals surface area contributed by atoms with Crippen molar-refractivity contribution in [3.63, 3.8) is 0 Å². The van der Waals surface area contributed by atoms with Crippen LogP contribution in [0.25, 0.3) is 11.0 Å². The lowest BCUT2D eigenvalue weighted by Crippen LogP contribution is -2.27. The summed E-state index contributed by atoms with van der Waals surface area (Å²) in [6.45, 7) is 7.42. The van der Waals surface area contributed by atoms with Gasteiger partial charge >= 0.3 is 0 Å². The van der Waals surface area contributed by atoms with Crippen LogP contribution in [-0.4, -0.2) is 31.6 Å². The Bertz CT molecular complexity index is 1290. The van der Waals surface area contributed by atoms with E-state index in [1.165, 1.54) is 17.4 Å². The first-order chi connectivity index (χ1) is 16.4. The second-order valence-corrected chi connectivity index (χ2v) is 9.71. The Labute approximate surface area is 202 Å². The summed E-state index contributed by atoms with van der Waals surface area (Å²) < 4.78 is 11.2. The van der Waals surface area contributed by atoms with Crippen molar-refractivity contribution in [2.45, 2.75) is 52.9 Å². The van der Waals surface area contributed by atoms with E-state index in [4.69, 9.17) is 9.15 Å². The summed E-state index contributed by atoms with van der Waals surface area (Å²) in [4.78, 5) is 40.0. The lowest BCUT2D eigenvalue weighted by molar-refractivity contribution is 0.0944. The zero-order valence-corrected chi connectivity index (χ0v) is 20.7. The molecule has 7 nitrogen and oxygen atoms in total. The molecule has 1 aliphatic rings. The third kappa shape index (κ3) is 5.08. The molecule has 0 aliphatic heterocycles. The van der Waals surface area contributed by atoms with E-state index in [0.29, 0.717) is 47.7 Å². The minimum Gasteiger partial charge on any atom is -0.451 e. The maximum absolute atomic E-state index is 13.1. The summed E-state index contributed by atoms with van der Waals surface area (Å²) in [5, 5.41) is 6.79. The quantitative estimate of drug-likeness (QED) is 0.451. The van der Waals surface area contributed by atoms with Crippen LogP contribution in [0.15, 0.2) is 27.4 Å². The fraction of sp³-hybridized carbons (Fsp3) is 0.423. The topological polar surface area (TPSA) is 97.6 Å². The van der Waals surface area contributed by atoms with Crippen molar-refractivity contribution in [1.82, 2.24) is 5.32 Å². The van der Waals surface area contributed by atoms with E-state index in [1.807, 2.05) is 26.8 Å². The smallest absolute Gasteiger partial charge is 0.292 e. The second kappa shape index (κ2) is 10.5. The number of anilines is 1. The zero-order valence-electron chi connectivity index (χ0n) is 19.8. The van der Waals surface area contributed by atoms with Gasteiger partial charge in [-0.05, 0) is 75.6 Å². The van der Waals surface area contributed by atoms with E-state index >= 15 is 0 Å². The first-order valence-corrected chi connectivity index (χ1v) is 12.6. The molecule has 3 aromatic rings. The largest absolute Gasteiger partial charge is 0.451 e. The number of fused-ring (bicyclic) bond motifs is 2. The van der Waals surface area contributed by atoms with Crippen LogP contribution in [0.4, 0.5) is 5.00 Å². The molecule has 0 radical (unpaired) electrons. The van der Waals surface area contributed by atoms with Crippen LogP contribution in [0.1, 0.15) is 68.7 Å². The summed E-state index contributed by atoms with van der Waals surface area (Å²) in [6.07, 6.45) is 4.50. The zero-order chi connectivity index (χ0) is 24.2. The van der Waals surface area contributed by atoms with Gasteiger partial charge in [-0.3, -0.25) is 14.4 Å². The van der Waals surface area contributed by atoms with Crippen LogP contribution in [0.5, 0.6) is 0 Å². The van der Waals surface area contributed by atoms with Crippen molar-refractivity contribution in [1.29, 1.82) is 0 Å². The SMILES string of the molecule is CCOCCCNC(=O)c1c(NC(=O)c2cc(=O)c3c(C)cc(C)cc3o2)sc2c1CCCC2. The standard InChI is InChI=1S/C26H30N2O5S/c1-4-32-11-7-10-27-25(31)23-17-8-5-6-9-21(17)34-26(23)28-24(30)20-14-18(29)22-16(3)12-15(2)13-19(22)33-20/h12-14H,4-11H2,1-3H3,(H,27,31)(H,28,30). The van der Waals surface area contributed by atoms with Gasteiger partial charge in [0.2, 0.25) is 0 Å². The molecule has 0 unspecified atom stereocenters. The van der Waals surface area contributed by atoms with Gasteiger partial charge in [-0.2, -0.15) is 0 Å². The molecule has 1 aromatic carbocycles. The summed E-state index contributed by atoms with van der Waals surface area (Å²) in [6, 6.07) is 4.89. The predicted molar refractivity (Wildman–Crippen MR) is 134 cm³/mol. The first kappa shape index (κ1) is 24.2. The van der Waals surface area contributed by atoms with Crippen molar-refractivity contribution in [3.05, 3.63) is 61.3 Å². The maximum Gasteiger partial charge on any atom is 0.292 e. The highest BCUT2D eigenvalue weighted by Crippen LogP contribution is 2.38. The van der Waals surface area contributed by atoms with E-state index in [2.05, 4.69) is 10.6 Å². The van der Waals surface area contributed by atoms with Gasteiger partial charge < -0.3 is 19.8 Å². The number of rotatable bonds is 8. The van der Waals surface area contributed by atoms with Gasteiger partial charge in [-0.25, -0.2) is 0 Å². The molecule has 0 fully saturated rings. The molecule has 0 bridgehead atoms. The molecule has 8 heteroatoms. The van der Waals surface area contributed by atoms with Crippen LogP contribution >= 0.6 is 11.3 Å². The molecule has 2 amide bonds. The van der Waals surface area contributed by atoms with Gasteiger partial charge in [-0.15, -0.1) is 11.3 Å². The summed E-state index contributed by atoms with van der Waals surface area (Å²) in [7, 11) is 0. The summed E-state index contributed by atoms with van der Waals surface area (Å²) >= 11 is 1.44. The number of carbonyl (C=O) groups excluding carboxylic acids is 2. The van der Waals surface area contributed by atoms with Crippen molar-refractivity contribution in [2.75, 3.05) is 25.1 Å². The van der Waals surface area contributed by atoms with Crippen molar-refractivity contribution < 1.29 is 18.7 Å². The molecule has 4 rings (SSSR count). The van der Waals surface area contributed by atoms with E-state index in [-0.39, 0.29) is 17.1 Å². The maximum atomic E-state index is 13.1. The summed E-state index contributed by atoms with van der Waals surface area (Å²) in [5.74, 6) is -0.809. The normalized spacial score (nSPS) is 13.0. The second-order valence-electron chi connectivity index (χ2n) is 8.61. The molecular weight excluding hydrogens is 452 g/mol. The fourth-order valence-electron chi connectivity index (χ4n) is 4.44. The molecule has 2 heterocycles. The number of aryl methyl sites for hydroxylation is 3. The van der Waals surface area contributed by atoms with Crippen molar-refractivity contribution in [2.24, 2.45) is 0 Å². The lowest BCUT2D eigenvalue weighted by Gasteiger charge is -2.13. The number of hydrogen-bond donors (Lipinski definition) is 2. The fourth-order valence-corrected chi connectivity index (χ4v) is 5.73. The molecule has 1 aliphatic carbocycles. The molecule has 2 N–H and O–H groups in total. The number of benzene rings is 1. The number of ether oxygens (including phenoxy) is 1. The highest BCUT2D eigenvalue weighted by Gasteiger charge is 2.27. The molecule has 0 spiro atoms. The molecule has 180 valence electrons. The lowest BCUT2D eigenvalue weighted by atomic mass is 9.95.